The van der Waals surface area contributed by atoms with E-state index >= 15 is 0 Å². The molecule has 0 heterocycles. The second kappa shape index (κ2) is 6.46. The maximum atomic E-state index is 13.3. The maximum Gasteiger partial charge on any atom is 0.146 e. The fourth-order valence-electron chi connectivity index (χ4n) is 1.65. The molecule has 0 fully saturated rings. The summed E-state index contributed by atoms with van der Waals surface area (Å²) in [5.74, 6) is -0.812. The van der Waals surface area contributed by atoms with Gasteiger partial charge in [0.05, 0.1) is 5.69 Å². The molecule has 0 aliphatic heterocycles. The highest BCUT2D eigenvalue weighted by Crippen LogP contribution is 2.17. The highest BCUT2D eigenvalue weighted by molar-refractivity contribution is 5.45. The molecule has 0 amide bonds. The molecule has 1 aromatic rings. The molecule has 0 saturated carbocycles. The molecule has 1 aromatic carbocycles. The highest BCUT2D eigenvalue weighted by Gasteiger charge is 2.07. The lowest BCUT2D eigenvalue weighted by atomic mass is 10.1. The van der Waals surface area contributed by atoms with Crippen LogP contribution < -0.4 is 5.32 Å². The summed E-state index contributed by atoms with van der Waals surface area (Å²) in [6.45, 7) is 4.13. The smallest absolute Gasteiger partial charge is 0.146 e. The van der Waals surface area contributed by atoms with Gasteiger partial charge in [-0.3, -0.25) is 0 Å². The molecule has 0 radical (unpaired) electrons. The van der Waals surface area contributed by atoms with Gasteiger partial charge in [0.15, 0.2) is 0 Å². The van der Waals surface area contributed by atoms with Crippen molar-refractivity contribution in [2.24, 2.45) is 0 Å². The molecule has 1 rings (SSSR count). The Morgan fingerprint density at radius 3 is 2.69 bits per heavy atom. The normalized spacial score (nSPS) is 12.5. The molecule has 90 valence electrons. The average Bonchev–Trinajstić information content (AvgIpc) is 2.24. The number of halogens is 2. The highest BCUT2D eigenvalue weighted by atomic mass is 19.1. The minimum Gasteiger partial charge on any atom is -0.380 e. The predicted octanol–water partition coefficient (Wildman–Crippen LogP) is 4.35. The Balaban J connectivity index is 2.48. The van der Waals surface area contributed by atoms with Crippen molar-refractivity contribution in [2.75, 3.05) is 5.32 Å². The minimum absolute atomic E-state index is 0.169. The minimum atomic E-state index is -0.412. The topological polar surface area (TPSA) is 12.0 Å². The van der Waals surface area contributed by atoms with Crippen molar-refractivity contribution >= 4 is 5.69 Å². The van der Waals surface area contributed by atoms with Crippen molar-refractivity contribution in [1.82, 2.24) is 0 Å². The lowest BCUT2D eigenvalue weighted by Gasteiger charge is -2.15. The lowest BCUT2D eigenvalue weighted by molar-refractivity contribution is 0.587. The van der Waals surface area contributed by atoms with E-state index in [0.29, 0.717) is 0 Å². The summed E-state index contributed by atoms with van der Waals surface area (Å²) in [5, 5.41) is 2.99. The van der Waals surface area contributed by atoms with Crippen LogP contribution in [0.15, 0.2) is 18.2 Å². The van der Waals surface area contributed by atoms with Crippen molar-refractivity contribution in [2.45, 2.75) is 45.6 Å². The largest absolute Gasteiger partial charge is 0.380 e. The molecular formula is C13H19F2N. The molecule has 16 heavy (non-hydrogen) atoms. The zero-order chi connectivity index (χ0) is 12.0. The van der Waals surface area contributed by atoms with Gasteiger partial charge in [-0.15, -0.1) is 0 Å². The molecule has 1 N–H and O–H groups in total. The fraction of sp³-hybridized carbons (Fsp3) is 0.538. The molecule has 0 saturated heterocycles. The van der Waals surface area contributed by atoms with Crippen molar-refractivity contribution in [1.29, 1.82) is 0 Å². The molecule has 1 nitrogen and oxygen atoms in total. The first kappa shape index (κ1) is 12.9. The quantitative estimate of drug-likeness (QED) is 0.712. The Hall–Kier alpha value is -1.12. The van der Waals surface area contributed by atoms with Crippen LogP contribution in [-0.2, 0) is 0 Å². The first-order chi connectivity index (χ1) is 7.63. The summed E-state index contributed by atoms with van der Waals surface area (Å²) >= 11 is 0. The van der Waals surface area contributed by atoms with E-state index in [9.17, 15) is 8.78 Å². The van der Waals surface area contributed by atoms with Crippen LogP contribution in [0.2, 0.25) is 0 Å². The van der Waals surface area contributed by atoms with Crippen molar-refractivity contribution in [3.05, 3.63) is 29.8 Å². The summed E-state index contributed by atoms with van der Waals surface area (Å²) in [6.07, 6.45) is 4.43. The third-order valence-corrected chi connectivity index (χ3v) is 2.57. The Labute approximate surface area is 95.9 Å². The third-order valence-electron chi connectivity index (χ3n) is 2.57. The van der Waals surface area contributed by atoms with E-state index in [2.05, 4.69) is 12.2 Å². The molecule has 3 heteroatoms. The first-order valence-corrected chi connectivity index (χ1v) is 5.85. The average molecular weight is 227 g/mol. The van der Waals surface area contributed by atoms with Gasteiger partial charge >= 0.3 is 0 Å². The van der Waals surface area contributed by atoms with Crippen LogP contribution in [-0.4, -0.2) is 6.04 Å². The van der Waals surface area contributed by atoms with Gasteiger partial charge in [-0.05, 0) is 31.5 Å². The van der Waals surface area contributed by atoms with E-state index in [1.165, 1.54) is 18.9 Å². The van der Waals surface area contributed by atoms with E-state index in [0.717, 1.165) is 25.0 Å². The van der Waals surface area contributed by atoms with Crippen LogP contribution in [0.4, 0.5) is 14.5 Å². The molecule has 0 bridgehead atoms. The van der Waals surface area contributed by atoms with E-state index in [1.54, 1.807) is 0 Å². The molecular weight excluding hydrogens is 208 g/mol. The van der Waals surface area contributed by atoms with Gasteiger partial charge in [0.1, 0.15) is 11.6 Å². The van der Waals surface area contributed by atoms with E-state index in [-0.39, 0.29) is 11.7 Å². The number of benzene rings is 1. The Morgan fingerprint density at radius 1 is 1.25 bits per heavy atom. The third kappa shape index (κ3) is 4.17. The summed E-state index contributed by atoms with van der Waals surface area (Å²) in [4.78, 5) is 0. The number of hydrogen-bond donors (Lipinski definition) is 1. The van der Waals surface area contributed by atoms with Gasteiger partial charge in [-0.1, -0.05) is 26.2 Å². The Morgan fingerprint density at radius 2 is 2.00 bits per heavy atom. The first-order valence-electron chi connectivity index (χ1n) is 5.85. The Bertz CT molecular complexity index is 326. The van der Waals surface area contributed by atoms with Gasteiger partial charge in [0, 0.05) is 6.04 Å². The number of hydrogen-bond acceptors (Lipinski definition) is 1. The number of unbranched alkanes of at least 4 members (excludes halogenated alkanes) is 2. The van der Waals surface area contributed by atoms with Gasteiger partial charge in [0.2, 0.25) is 0 Å². The van der Waals surface area contributed by atoms with Crippen molar-refractivity contribution < 1.29 is 8.78 Å². The number of nitrogens with one attached hydrogen (secondary N) is 1. The molecule has 1 unspecified atom stereocenters. The van der Waals surface area contributed by atoms with E-state index in [1.807, 2.05) is 6.92 Å². The van der Waals surface area contributed by atoms with Crippen LogP contribution >= 0.6 is 0 Å². The predicted molar refractivity (Wildman–Crippen MR) is 63.6 cm³/mol. The monoisotopic (exact) mass is 227 g/mol. The van der Waals surface area contributed by atoms with Gasteiger partial charge in [0.25, 0.3) is 0 Å². The second-order valence-electron chi connectivity index (χ2n) is 4.17. The number of anilines is 1. The number of rotatable bonds is 6. The second-order valence-corrected chi connectivity index (χ2v) is 4.17. The molecule has 0 spiro atoms. The van der Waals surface area contributed by atoms with Crippen LogP contribution in [0.3, 0.4) is 0 Å². The zero-order valence-corrected chi connectivity index (χ0v) is 9.89. The summed E-state index contributed by atoms with van der Waals surface area (Å²) in [5.41, 5.74) is 0.254. The standard InChI is InChI=1S/C13H19F2N/c1-3-4-5-6-10(2)16-13-9-11(14)7-8-12(13)15/h7-10,16H,3-6H2,1-2H3. The van der Waals surface area contributed by atoms with Crippen molar-refractivity contribution in [3.8, 4) is 0 Å². The van der Waals surface area contributed by atoms with E-state index in [4.69, 9.17) is 0 Å². The van der Waals surface area contributed by atoms with Gasteiger partial charge < -0.3 is 5.32 Å². The zero-order valence-electron chi connectivity index (χ0n) is 9.89. The molecule has 0 aliphatic rings. The molecule has 1 atom stereocenters. The van der Waals surface area contributed by atoms with Crippen LogP contribution in [0, 0.1) is 11.6 Å². The summed E-state index contributed by atoms with van der Waals surface area (Å²) < 4.78 is 26.2. The van der Waals surface area contributed by atoms with Gasteiger partial charge in [-0.25, -0.2) is 8.78 Å². The van der Waals surface area contributed by atoms with E-state index < -0.39 is 11.6 Å². The lowest BCUT2D eigenvalue weighted by Crippen LogP contribution is -2.16. The molecule has 0 aromatic heterocycles. The SMILES string of the molecule is CCCCCC(C)Nc1cc(F)ccc1F. The van der Waals surface area contributed by atoms with Crippen molar-refractivity contribution in [3.63, 3.8) is 0 Å². The Kier molecular flexibility index (Phi) is 5.23. The summed E-state index contributed by atoms with van der Waals surface area (Å²) in [7, 11) is 0. The maximum absolute atomic E-state index is 13.3. The van der Waals surface area contributed by atoms with Gasteiger partial charge in [-0.2, -0.15) is 0 Å². The summed E-state index contributed by atoms with van der Waals surface area (Å²) in [6, 6.07) is 3.65. The van der Waals surface area contributed by atoms with Crippen LogP contribution in [0.25, 0.3) is 0 Å². The van der Waals surface area contributed by atoms with Crippen LogP contribution in [0.1, 0.15) is 39.5 Å². The fourth-order valence-corrected chi connectivity index (χ4v) is 1.65. The molecule has 0 aliphatic carbocycles. The van der Waals surface area contributed by atoms with Crippen LogP contribution in [0.5, 0.6) is 0 Å².